The van der Waals surface area contributed by atoms with Gasteiger partial charge < -0.3 is 21.3 Å². The van der Waals surface area contributed by atoms with E-state index < -0.39 is 17.9 Å². The van der Waals surface area contributed by atoms with Crippen LogP contribution in [0.25, 0.3) is 0 Å². The van der Waals surface area contributed by atoms with Gasteiger partial charge in [-0.25, -0.2) is 13.6 Å². The second kappa shape index (κ2) is 12.7. The van der Waals surface area contributed by atoms with Gasteiger partial charge in [-0.1, -0.05) is 12.1 Å². The number of amides is 4. The van der Waals surface area contributed by atoms with Gasteiger partial charge in [-0.15, -0.1) is 0 Å². The molecule has 0 aromatic heterocycles. The third-order valence-corrected chi connectivity index (χ3v) is 5.79. The van der Waals surface area contributed by atoms with Gasteiger partial charge in [0.1, 0.15) is 11.6 Å². The van der Waals surface area contributed by atoms with Crippen molar-refractivity contribution >= 4 is 17.8 Å². The van der Waals surface area contributed by atoms with Crippen molar-refractivity contribution in [2.24, 2.45) is 11.8 Å². The Balaban J connectivity index is 1.97. The minimum atomic E-state index is -0.559. The van der Waals surface area contributed by atoms with Crippen LogP contribution < -0.4 is 21.3 Å². The predicted molar refractivity (Wildman–Crippen MR) is 126 cm³/mol. The first-order chi connectivity index (χ1) is 16.1. The zero-order chi connectivity index (χ0) is 25.3. The average molecular weight is 475 g/mol. The smallest absolute Gasteiger partial charge is 0.314 e. The lowest BCUT2D eigenvalue weighted by molar-refractivity contribution is -0.125. The minimum absolute atomic E-state index is 0.0596. The van der Waals surface area contributed by atoms with Gasteiger partial charge in [0.15, 0.2) is 0 Å². The molecule has 0 aliphatic heterocycles. The van der Waals surface area contributed by atoms with Crippen LogP contribution in [0.5, 0.6) is 0 Å². The summed E-state index contributed by atoms with van der Waals surface area (Å²) in [4.78, 5) is 37.1. The number of benzene rings is 2. The standard InChI is InChI=1S/C25H32F2N4O3/c1-15-9-21(26)7-5-17(15)11-19(23(32)28-3)13-30-25(34)31-14-20(24(33)29-4)12-18-6-8-22(27)10-16(18)2/h5-10,19-20H,11-14H2,1-4H3,(H,28,32)(H,29,33)(H2,30,31,34). The van der Waals surface area contributed by atoms with Gasteiger partial charge in [0.25, 0.3) is 0 Å². The molecule has 34 heavy (non-hydrogen) atoms. The number of urea groups is 1. The van der Waals surface area contributed by atoms with Crippen molar-refractivity contribution in [1.29, 1.82) is 0 Å². The van der Waals surface area contributed by atoms with E-state index in [-0.39, 0.29) is 36.5 Å². The van der Waals surface area contributed by atoms with Crippen LogP contribution in [0.4, 0.5) is 13.6 Å². The predicted octanol–water partition coefficient (Wildman–Crippen LogP) is 2.39. The Hall–Kier alpha value is -3.49. The van der Waals surface area contributed by atoms with Crippen LogP contribution in [-0.2, 0) is 22.4 Å². The molecule has 4 amide bonds. The molecule has 0 saturated carbocycles. The molecule has 184 valence electrons. The molecule has 0 aliphatic rings. The normalized spacial score (nSPS) is 12.4. The van der Waals surface area contributed by atoms with Crippen molar-refractivity contribution in [1.82, 2.24) is 21.3 Å². The fourth-order valence-electron chi connectivity index (χ4n) is 3.73. The van der Waals surface area contributed by atoms with E-state index in [0.29, 0.717) is 12.8 Å². The number of nitrogens with one attached hydrogen (secondary N) is 4. The zero-order valence-electron chi connectivity index (χ0n) is 19.9. The van der Waals surface area contributed by atoms with Gasteiger partial charge in [0, 0.05) is 27.2 Å². The number of hydrogen-bond acceptors (Lipinski definition) is 3. The number of rotatable bonds is 10. The van der Waals surface area contributed by atoms with Crippen molar-refractivity contribution in [3.63, 3.8) is 0 Å². The summed E-state index contributed by atoms with van der Waals surface area (Å²) in [6.45, 7) is 3.65. The average Bonchev–Trinajstić information content (AvgIpc) is 2.80. The van der Waals surface area contributed by atoms with Gasteiger partial charge in [0.2, 0.25) is 11.8 Å². The van der Waals surface area contributed by atoms with Crippen LogP contribution in [0.15, 0.2) is 36.4 Å². The second-order valence-corrected chi connectivity index (χ2v) is 8.26. The molecule has 0 heterocycles. The van der Waals surface area contributed by atoms with Crippen LogP contribution in [0.3, 0.4) is 0 Å². The molecular formula is C25H32F2N4O3. The van der Waals surface area contributed by atoms with Gasteiger partial charge in [0.05, 0.1) is 11.8 Å². The molecule has 2 atom stereocenters. The zero-order valence-corrected chi connectivity index (χ0v) is 19.9. The molecule has 2 aromatic carbocycles. The third-order valence-electron chi connectivity index (χ3n) is 5.79. The first kappa shape index (κ1) is 26.8. The third kappa shape index (κ3) is 7.83. The van der Waals surface area contributed by atoms with Crippen molar-refractivity contribution in [3.05, 3.63) is 70.3 Å². The molecule has 0 spiro atoms. The van der Waals surface area contributed by atoms with Crippen molar-refractivity contribution < 1.29 is 23.2 Å². The molecule has 2 unspecified atom stereocenters. The van der Waals surface area contributed by atoms with Crippen molar-refractivity contribution in [2.45, 2.75) is 26.7 Å². The Morgan fingerprint density at radius 2 is 1.12 bits per heavy atom. The van der Waals surface area contributed by atoms with Crippen LogP contribution >= 0.6 is 0 Å². The van der Waals surface area contributed by atoms with E-state index in [2.05, 4.69) is 21.3 Å². The van der Waals surface area contributed by atoms with Crippen LogP contribution in [-0.4, -0.2) is 45.0 Å². The SMILES string of the molecule is CNC(=O)C(CNC(=O)NCC(Cc1ccc(F)cc1C)C(=O)NC)Cc1ccc(F)cc1C. The highest BCUT2D eigenvalue weighted by Crippen LogP contribution is 2.16. The highest BCUT2D eigenvalue weighted by atomic mass is 19.1. The van der Waals surface area contributed by atoms with E-state index in [1.165, 1.54) is 38.4 Å². The van der Waals surface area contributed by atoms with E-state index >= 15 is 0 Å². The Bertz CT molecular complexity index is 950. The van der Waals surface area contributed by atoms with Gasteiger partial charge in [-0.3, -0.25) is 9.59 Å². The fourth-order valence-corrected chi connectivity index (χ4v) is 3.73. The summed E-state index contributed by atoms with van der Waals surface area (Å²) in [6.07, 6.45) is 0.660. The molecule has 7 nitrogen and oxygen atoms in total. The number of hydrogen-bond donors (Lipinski definition) is 4. The summed E-state index contributed by atoms with van der Waals surface area (Å²) in [7, 11) is 3.02. The molecule has 2 rings (SSSR count). The highest BCUT2D eigenvalue weighted by Gasteiger charge is 2.22. The van der Waals surface area contributed by atoms with E-state index in [9.17, 15) is 23.2 Å². The van der Waals surface area contributed by atoms with Gasteiger partial charge >= 0.3 is 6.03 Å². The summed E-state index contributed by atoms with van der Waals surface area (Å²) in [6, 6.07) is 8.22. The fraction of sp³-hybridized carbons (Fsp3) is 0.400. The number of carbonyl (C=O) groups excluding carboxylic acids is 3. The highest BCUT2D eigenvalue weighted by molar-refractivity contribution is 5.82. The lowest BCUT2D eigenvalue weighted by Gasteiger charge is -2.20. The molecule has 0 aliphatic carbocycles. The Labute approximate surface area is 198 Å². The first-order valence-corrected chi connectivity index (χ1v) is 11.1. The van der Waals surface area contributed by atoms with Crippen LogP contribution in [0, 0.1) is 37.3 Å². The van der Waals surface area contributed by atoms with E-state index in [0.717, 1.165) is 22.3 Å². The van der Waals surface area contributed by atoms with Crippen LogP contribution in [0.1, 0.15) is 22.3 Å². The molecule has 0 saturated heterocycles. The van der Waals surface area contributed by atoms with E-state index in [4.69, 9.17) is 0 Å². The topological polar surface area (TPSA) is 99.3 Å². The lowest BCUT2D eigenvalue weighted by atomic mass is 9.95. The summed E-state index contributed by atoms with van der Waals surface area (Å²) < 4.78 is 26.8. The van der Waals surface area contributed by atoms with Crippen LogP contribution in [0.2, 0.25) is 0 Å². The molecule has 0 bridgehead atoms. The lowest BCUT2D eigenvalue weighted by Crippen LogP contribution is -2.45. The quantitative estimate of drug-likeness (QED) is 0.426. The first-order valence-electron chi connectivity index (χ1n) is 11.1. The monoisotopic (exact) mass is 474 g/mol. The van der Waals surface area contributed by atoms with Gasteiger partial charge in [-0.05, 0) is 73.2 Å². The maximum Gasteiger partial charge on any atom is 0.314 e. The Kier molecular flexibility index (Phi) is 9.97. The Morgan fingerprint density at radius 1 is 0.735 bits per heavy atom. The number of carbonyl (C=O) groups is 3. The second-order valence-electron chi connectivity index (χ2n) is 8.26. The summed E-state index contributed by atoms with van der Waals surface area (Å²) in [5, 5.41) is 10.5. The molecule has 0 radical (unpaired) electrons. The molecule has 0 fully saturated rings. The maximum absolute atomic E-state index is 13.4. The van der Waals surface area contributed by atoms with Gasteiger partial charge in [-0.2, -0.15) is 0 Å². The molecule has 4 N–H and O–H groups in total. The number of halogens is 2. The summed E-state index contributed by atoms with van der Waals surface area (Å²) in [5.74, 6) is -2.32. The largest absolute Gasteiger partial charge is 0.359 e. The molecule has 2 aromatic rings. The Morgan fingerprint density at radius 3 is 1.44 bits per heavy atom. The van der Waals surface area contributed by atoms with E-state index in [1.807, 2.05) is 0 Å². The molecule has 9 heteroatoms. The van der Waals surface area contributed by atoms with E-state index in [1.54, 1.807) is 26.0 Å². The van der Waals surface area contributed by atoms with Crippen molar-refractivity contribution in [2.75, 3.05) is 27.2 Å². The summed E-state index contributed by atoms with van der Waals surface area (Å²) in [5.41, 5.74) is 3.07. The molecular weight excluding hydrogens is 442 g/mol. The maximum atomic E-state index is 13.4. The number of aryl methyl sites for hydroxylation is 2. The van der Waals surface area contributed by atoms with Crippen molar-refractivity contribution in [3.8, 4) is 0 Å². The summed E-state index contributed by atoms with van der Waals surface area (Å²) >= 11 is 0. The minimum Gasteiger partial charge on any atom is -0.359 e.